The standard InChI is InChI=1S/C44H85NO8/c1-8-10-12-14-16-18-20-22-24-26-28-30-40(46)51-38-39(53-41(47)31-29-27-25-23-21-19-17-15-13-11-9-2)32-35-45-42(48)50-36-33-44(5,6)52-37-34-43(3,4)49-7/h39H,8-38H2,1-7H3,(H,45,48). The molecule has 0 saturated heterocycles. The molecule has 0 heterocycles. The molecule has 0 aromatic rings. The lowest BCUT2D eigenvalue weighted by molar-refractivity contribution is -0.159. The quantitative estimate of drug-likeness (QED) is 0.0377. The van der Waals surface area contributed by atoms with Crippen molar-refractivity contribution in [2.45, 2.75) is 232 Å². The van der Waals surface area contributed by atoms with Crippen molar-refractivity contribution < 1.29 is 38.1 Å². The van der Waals surface area contributed by atoms with Crippen molar-refractivity contribution in [1.82, 2.24) is 5.32 Å². The molecular weight excluding hydrogens is 670 g/mol. The number of amides is 1. The molecule has 1 N–H and O–H groups in total. The van der Waals surface area contributed by atoms with Crippen molar-refractivity contribution in [3.63, 3.8) is 0 Å². The van der Waals surface area contributed by atoms with Crippen molar-refractivity contribution in [1.29, 1.82) is 0 Å². The van der Waals surface area contributed by atoms with E-state index in [0.717, 1.165) is 44.9 Å². The molecule has 0 aromatic carbocycles. The minimum Gasteiger partial charge on any atom is -0.462 e. The highest BCUT2D eigenvalue weighted by atomic mass is 16.6. The Kier molecular flexibility index (Phi) is 33.4. The Balaban J connectivity index is 4.53. The Morgan fingerprint density at radius 1 is 0.547 bits per heavy atom. The second kappa shape index (κ2) is 34.6. The van der Waals surface area contributed by atoms with Crippen LogP contribution >= 0.6 is 0 Å². The van der Waals surface area contributed by atoms with Gasteiger partial charge in [0.2, 0.25) is 0 Å². The molecule has 0 radical (unpaired) electrons. The lowest BCUT2D eigenvalue weighted by Crippen LogP contribution is -2.34. The lowest BCUT2D eigenvalue weighted by atomic mass is 10.0. The van der Waals surface area contributed by atoms with Crippen LogP contribution in [-0.2, 0) is 33.3 Å². The molecule has 0 rings (SSSR count). The monoisotopic (exact) mass is 756 g/mol. The summed E-state index contributed by atoms with van der Waals surface area (Å²) in [6.45, 7) is 13.5. The number of esters is 2. The van der Waals surface area contributed by atoms with Crippen LogP contribution < -0.4 is 5.32 Å². The molecular formula is C44H85NO8. The van der Waals surface area contributed by atoms with Crippen molar-refractivity contribution in [2.24, 2.45) is 0 Å². The second-order valence-electron chi connectivity index (χ2n) is 16.3. The Labute approximate surface area is 326 Å². The van der Waals surface area contributed by atoms with Gasteiger partial charge in [0.15, 0.2) is 0 Å². The van der Waals surface area contributed by atoms with Gasteiger partial charge in [-0.3, -0.25) is 9.59 Å². The minimum absolute atomic E-state index is 0.0109. The van der Waals surface area contributed by atoms with Crippen LogP contribution in [-0.4, -0.2) is 68.8 Å². The maximum atomic E-state index is 12.7. The van der Waals surface area contributed by atoms with Gasteiger partial charge in [0.25, 0.3) is 0 Å². The maximum Gasteiger partial charge on any atom is 0.407 e. The number of methoxy groups -OCH3 is 1. The molecule has 1 amide bonds. The van der Waals surface area contributed by atoms with E-state index in [-0.39, 0.29) is 37.3 Å². The molecule has 0 aromatic heterocycles. The van der Waals surface area contributed by atoms with Crippen LogP contribution in [0, 0.1) is 0 Å². The third-order valence-electron chi connectivity index (χ3n) is 10.1. The largest absolute Gasteiger partial charge is 0.462 e. The normalized spacial score (nSPS) is 12.4. The Morgan fingerprint density at radius 2 is 0.981 bits per heavy atom. The maximum absolute atomic E-state index is 12.7. The van der Waals surface area contributed by atoms with Gasteiger partial charge in [-0.2, -0.15) is 0 Å². The zero-order valence-corrected chi connectivity index (χ0v) is 35.8. The van der Waals surface area contributed by atoms with E-state index in [4.69, 9.17) is 23.7 Å². The van der Waals surface area contributed by atoms with E-state index in [9.17, 15) is 14.4 Å². The predicted octanol–water partition coefficient (Wildman–Crippen LogP) is 12.0. The Morgan fingerprint density at radius 3 is 1.45 bits per heavy atom. The number of unbranched alkanes of at least 4 members (excludes halogenated alkanes) is 20. The van der Waals surface area contributed by atoms with E-state index in [0.29, 0.717) is 32.3 Å². The first-order chi connectivity index (χ1) is 25.4. The van der Waals surface area contributed by atoms with Gasteiger partial charge >= 0.3 is 18.0 Å². The smallest absolute Gasteiger partial charge is 0.407 e. The summed E-state index contributed by atoms with van der Waals surface area (Å²) in [6.07, 6.45) is 27.9. The van der Waals surface area contributed by atoms with E-state index >= 15 is 0 Å². The highest BCUT2D eigenvalue weighted by Gasteiger charge is 2.23. The third-order valence-corrected chi connectivity index (χ3v) is 10.1. The molecule has 0 aliphatic rings. The van der Waals surface area contributed by atoms with Crippen LogP contribution in [0.5, 0.6) is 0 Å². The van der Waals surface area contributed by atoms with Gasteiger partial charge in [0.05, 0.1) is 24.4 Å². The summed E-state index contributed by atoms with van der Waals surface area (Å²) >= 11 is 0. The molecule has 53 heavy (non-hydrogen) atoms. The summed E-state index contributed by atoms with van der Waals surface area (Å²) in [7, 11) is 1.69. The number of nitrogens with one attached hydrogen (secondary N) is 1. The van der Waals surface area contributed by atoms with Crippen LogP contribution in [0.25, 0.3) is 0 Å². The van der Waals surface area contributed by atoms with Gasteiger partial charge in [-0.05, 0) is 47.0 Å². The third kappa shape index (κ3) is 35.6. The molecule has 314 valence electrons. The van der Waals surface area contributed by atoms with E-state index in [1.165, 1.54) is 103 Å². The van der Waals surface area contributed by atoms with Gasteiger partial charge in [0.1, 0.15) is 12.7 Å². The Bertz CT molecular complexity index is 877. The molecule has 0 aliphatic carbocycles. The molecule has 0 saturated carbocycles. The average molecular weight is 756 g/mol. The highest BCUT2D eigenvalue weighted by Crippen LogP contribution is 2.19. The molecule has 0 spiro atoms. The van der Waals surface area contributed by atoms with E-state index < -0.39 is 17.8 Å². The minimum atomic E-state index is -0.625. The van der Waals surface area contributed by atoms with Gasteiger partial charge in [-0.25, -0.2) is 4.79 Å². The van der Waals surface area contributed by atoms with Gasteiger partial charge in [0, 0.05) is 39.3 Å². The molecule has 9 nitrogen and oxygen atoms in total. The SMILES string of the molecule is CCCCCCCCCCCCCC(=O)OCC(CCNC(=O)OCCC(C)(C)OCCC(C)(C)OC)OC(=O)CCCCCCCCCCCCC. The topological polar surface area (TPSA) is 109 Å². The number of rotatable bonds is 38. The number of carbonyl (C=O) groups is 3. The Hall–Kier alpha value is -1.87. The van der Waals surface area contributed by atoms with Crippen molar-refractivity contribution in [3.05, 3.63) is 0 Å². The molecule has 0 fully saturated rings. The van der Waals surface area contributed by atoms with E-state index in [2.05, 4.69) is 19.2 Å². The molecule has 1 unspecified atom stereocenters. The van der Waals surface area contributed by atoms with E-state index in [1.807, 2.05) is 27.7 Å². The van der Waals surface area contributed by atoms with Crippen LogP contribution in [0.1, 0.15) is 215 Å². The number of ether oxygens (including phenoxy) is 5. The van der Waals surface area contributed by atoms with Gasteiger partial charge in [-0.1, -0.05) is 142 Å². The lowest BCUT2D eigenvalue weighted by Gasteiger charge is -2.28. The van der Waals surface area contributed by atoms with Gasteiger partial charge < -0.3 is 29.0 Å². The first-order valence-corrected chi connectivity index (χ1v) is 21.9. The fourth-order valence-corrected chi connectivity index (χ4v) is 6.07. The molecule has 9 heteroatoms. The van der Waals surface area contributed by atoms with Gasteiger partial charge in [-0.15, -0.1) is 0 Å². The van der Waals surface area contributed by atoms with Crippen LogP contribution in [0.4, 0.5) is 4.79 Å². The summed E-state index contributed by atoms with van der Waals surface area (Å²) in [5.41, 5.74) is -0.704. The molecule has 0 aliphatic heterocycles. The zero-order valence-electron chi connectivity index (χ0n) is 35.8. The molecule has 1 atom stereocenters. The van der Waals surface area contributed by atoms with E-state index in [1.54, 1.807) is 7.11 Å². The van der Waals surface area contributed by atoms with Crippen molar-refractivity contribution in [2.75, 3.05) is 33.5 Å². The number of hydrogen-bond acceptors (Lipinski definition) is 8. The fourth-order valence-electron chi connectivity index (χ4n) is 6.07. The first-order valence-electron chi connectivity index (χ1n) is 21.9. The summed E-state index contributed by atoms with van der Waals surface area (Å²) < 4.78 is 28.1. The summed E-state index contributed by atoms with van der Waals surface area (Å²) in [5, 5.41) is 2.75. The van der Waals surface area contributed by atoms with Crippen LogP contribution in [0.2, 0.25) is 0 Å². The second-order valence-corrected chi connectivity index (χ2v) is 16.3. The fraction of sp³-hybridized carbons (Fsp3) is 0.932. The highest BCUT2D eigenvalue weighted by molar-refractivity contribution is 5.70. The summed E-state index contributed by atoms with van der Waals surface area (Å²) in [6, 6.07) is 0. The summed E-state index contributed by atoms with van der Waals surface area (Å²) in [4.78, 5) is 37.7. The van der Waals surface area contributed by atoms with Crippen LogP contribution in [0.15, 0.2) is 0 Å². The van der Waals surface area contributed by atoms with Crippen molar-refractivity contribution >= 4 is 18.0 Å². The number of alkyl carbamates (subject to hydrolysis) is 1. The summed E-state index contributed by atoms with van der Waals surface area (Å²) in [5.74, 6) is -0.554. The predicted molar refractivity (Wildman–Crippen MR) is 217 cm³/mol. The zero-order chi connectivity index (χ0) is 39.5. The first kappa shape index (κ1) is 51.1. The number of hydrogen-bond donors (Lipinski definition) is 1. The average Bonchev–Trinajstić information content (AvgIpc) is 3.11. The molecule has 0 bridgehead atoms. The van der Waals surface area contributed by atoms with Crippen LogP contribution in [0.3, 0.4) is 0 Å². The van der Waals surface area contributed by atoms with Crippen molar-refractivity contribution in [3.8, 4) is 0 Å². The number of carbonyl (C=O) groups excluding carboxylic acids is 3.